The second kappa shape index (κ2) is 9.02. The molecule has 0 radical (unpaired) electrons. The second-order valence-electron chi connectivity index (χ2n) is 4.83. The maximum Gasteiger partial charge on any atom is 0.190 e. The van der Waals surface area contributed by atoms with Gasteiger partial charge in [0.15, 0.2) is 5.96 Å². The summed E-state index contributed by atoms with van der Waals surface area (Å²) in [5.41, 5.74) is 0. The van der Waals surface area contributed by atoms with Crippen LogP contribution in [-0.4, -0.2) is 44.6 Å². The van der Waals surface area contributed by atoms with Crippen molar-refractivity contribution in [3.05, 3.63) is 24.2 Å². The molecular weight excluding hydrogens is 320 g/mol. The fraction of sp³-hybridized carbons (Fsp3) is 0.643. The lowest BCUT2D eigenvalue weighted by Crippen LogP contribution is -2.43. The predicted molar refractivity (Wildman–Crippen MR) is 87.6 cm³/mol. The van der Waals surface area contributed by atoms with Gasteiger partial charge in [-0.2, -0.15) is 0 Å². The molecule has 0 saturated carbocycles. The molecular formula is C14H25BrN4O. The topological polar surface area (TPSA) is 52.8 Å². The minimum atomic E-state index is 0. The van der Waals surface area contributed by atoms with Gasteiger partial charge in [0.2, 0.25) is 0 Å². The van der Waals surface area contributed by atoms with Crippen molar-refractivity contribution in [2.75, 3.05) is 33.7 Å². The number of halogens is 1. The van der Waals surface area contributed by atoms with Gasteiger partial charge in [-0.1, -0.05) is 6.42 Å². The number of furan rings is 1. The standard InChI is InChI=1S/C14H24N4O.BrH/c1-15-14(16-2)17-11-12(13-7-6-10-19-13)18-8-4-3-5-9-18;/h6-7,10,12H,3-5,8-9,11H2,1-2H3,(H2,15,16,17);1H. The summed E-state index contributed by atoms with van der Waals surface area (Å²) in [6, 6.07) is 4.29. The molecule has 2 rings (SSSR count). The molecule has 2 heterocycles. The smallest absolute Gasteiger partial charge is 0.190 e. The molecule has 5 nitrogen and oxygen atoms in total. The number of nitrogens with one attached hydrogen (secondary N) is 2. The number of aliphatic imine (C=N–C) groups is 1. The van der Waals surface area contributed by atoms with Gasteiger partial charge in [-0.25, -0.2) is 0 Å². The van der Waals surface area contributed by atoms with E-state index in [2.05, 4.69) is 26.6 Å². The number of rotatable bonds is 4. The Hall–Kier alpha value is -1.01. The van der Waals surface area contributed by atoms with E-state index in [1.165, 1.54) is 19.3 Å². The van der Waals surface area contributed by atoms with E-state index in [0.717, 1.165) is 31.4 Å². The summed E-state index contributed by atoms with van der Waals surface area (Å²) in [5.74, 6) is 1.84. The Morgan fingerprint density at radius 3 is 2.70 bits per heavy atom. The molecule has 1 atom stereocenters. The van der Waals surface area contributed by atoms with Crippen LogP contribution in [0.1, 0.15) is 31.1 Å². The van der Waals surface area contributed by atoms with Crippen LogP contribution in [0.4, 0.5) is 0 Å². The molecule has 1 saturated heterocycles. The molecule has 1 fully saturated rings. The first-order valence-electron chi connectivity index (χ1n) is 7.01. The molecule has 0 aliphatic carbocycles. The average Bonchev–Trinajstić information content (AvgIpc) is 2.99. The molecule has 6 heteroatoms. The molecule has 2 N–H and O–H groups in total. The summed E-state index contributed by atoms with van der Waals surface area (Å²) in [4.78, 5) is 6.65. The van der Waals surface area contributed by atoms with Crippen LogP contribution in [0.5, 0.6) is 0 Å². The Labute approximate surface area is 131 Å². The summed E-state index contributed by atoms with van der Waals surface area (Å²) in [6.07, 6.45) is 5.64. The van der Waals surface area contributed by atoms with Crippen LogP contribution in [-0.2, 0) is 0 Å². The highest BCUT2D eigenvalue weighted by atomic mass is 79.9. The Morgan fingerprint density at radius 1 is 1.40 bits per heavy atom. The van der Waals surface area contributed by atoms with Crippen molar-refractivity contribution in [1.29, 1.82) is 0 Å². The maximum absolute atomic E-state index is 5.61. The van der Waals surface area contributed by atoms with Gasteiger partial charge < -0.3 is 15.1 Å². The monoisotopic (exact) mass is 344 g/mol. The normalized spacial score (nSPS) is 18.2. The summed E-state index contributed by atoms with van der Waals surface area (Å²) >= 11 is 0. The molecule has 1 aromatic rings. The van der Waals surface area contributed by atoms with Crippen molar-refractivity contribution in [1.82, 2.24) is 15.5 Å². The highest BCUT2D eigenvalue weighted by Crippen LogP contribution is 2.24. The van der Waals surface area contributed by atoms with Crippen LogP contribution in [0.3, 0.4) is 0 Å². The molecule has 1 aliphatic heterocycles. The van der Waals surface area contributed by atoms with Gasteiger partial charge in [0.1, 0.15) is 5.76 Å². The van der Waals surface area contributed by atoms with E-state index >= 15 is 0 Å². The van der Waals surface area contributed by atoms with Crippen LogP contribution in [0.2, 0.25) is 0 Å². The van der Waals surface area contributed by atoms with Crippen LogP contribution in [0.15, 0.2) is 27.8 Å². The van der Waals surface area contributed by atoms with Gasteiger partial charge in [-0.05, 0) is 38.1 Å². The lowest BCUT2D eigenvalue weighted by molar-refractivity contribution is 0.146. The van der Waals surface area contributed by atoms with E-state index in [-0.39, 0.29) is 23.0 Å². The largest absolute Gasteiger partial charge is 0.468 e. The molecule has 0 spiro atoms. The SMILES string of the molecule is Br.CN=C(NC)NCC(c1ccco1)N1CCCCC1. The highest BCUT2D eigenvalue weighted by Gasteiger charge is 2.24. The van der Waals surface area contributed by atoms with Crippen molar-refractivity contribution >= 4 is 22.9 Å². The third kappa shape index (κ3) is 4.52. The third-order valence-electron chi connectivity index (χ3n) is 3.63. The van der Waals surface area contributed by atoms with Crippen molar-refractivity contribution in [3.8, 4) is 0 Å². The number of guanidine groups is 1. The number of likely N-dealkylation sites (tertiary alicyclic amines) is 1. The van der Waals surface area contributed by atoms with Crippen molar-refractivity contribution < 1.29 is 4.42 Å². The van der Waals surface area contributed by atoms with Gasteiger partial charge in [0, 0.05) is 20.6 Å². The van der Waals surface area contributed by atoms with E-state index in [1.54, 1.807) is 13.3 Å². The Kier molecular flexibility index (Phi) is 7.69. The van der Waals surface area contributed by atoms with E-state index in [9.17, 15) is 0 Å². The number of piperidine rings is 1. The van der Waals surface area contributed by atoms with Gasteiger partial charge in [-0.3, -0.25) is 9.89 Å². The first kappa shape index (κ1) is 17.0. The molecule has 0 aromatic carbocycles. The van der Waals surface area contributed by atoms with Gasteiger partial charge in [0.05, 0.1) is 12.3 Å². The van der Waals surface area contributed by atoms with E-state index in [1.807, 2.05) is 13.1 Å². The molecule has 0 amide bonds. The Balaban J connectivity index is 0.00000200. The quantitative estimate of drug-likeness (QED) is 0.649. The van der Waals surface area contributed by atoms with E-state index in [0.29, 0.717) is 0 Å². The third-order valence-corrected chi connectivity index (χ3v) is 3.63. The minimum absolute atomic E-state index is 0. The average molecular weight is 345 g/mol. The Morgan fingerprint density at radius 2 is 2.15 bits per heavy atom. The Bertz CT molecular complexity index is 388. The number of hydrogen-bond donors (Lipinski definition) is 2. The molecule has 1 aliphatic rings. The van der Waals surface area contributed by atoms with Crippen LogP contribution in [0, 0.1) is 0 Å². The van der Waals surface area contributed by atoms with E-state index in [4.69, 9.17) is 4.42 Å². The summed E-state index contributed by atoms with van der Waals surface area (Å²) < 4.78 is 5.61. The van der Waals surface area contributed by atoms with Crippen LogP contribution < -0.4 is 10.6 Å². The van der Waals surface area contributed by atoms with Gasteiger partial charge in [0.25, 0.3) is 0 Å². The maximum atomic E-state index is 5.61. The summed E-state index contributed by atoms with van der Waals surface area (Å²) in [5, 5.41) is 6.39. The van der Waals surface area contributed by atoms with Crippen molar-refractivity contribution in [2.24, 2.45) is 4.99 Å². The fourth-order valence-corrected chi connectivity index (χ4v) is 2.59. The summed E-state index contributed by atoms with van der Waals surface area (Å²) in [6.45, 7) is 3.09. The predicted octanol–water partition coefficient (Wildman–Crippen LogP) is 2.18. The lowest BCUT2D eigenvalue weighted by atomic mass is 10.1. The van der Waals surface area contributed by atoms with Crippen LogP contribution in [0.25, 0.3) is 0 Å². The summed E-state index contributed by atoms with van der Waals surface area (Å²) in [7, 11) is 3.65. The number of nitrogens with zero attached hydrogens (tertiary/aromatic N) is 2. The highest BCUT2D eigenvalue weighted by molar-refractivity contribution is 8.93. The van der Waals surface area contributed by atoms with Crippen molar-refractivity contribution in [2.45, 2.75) is 25.3 Å². The molecule has 0 bridgehead atoms. The lowest BCUT2D eigenvalue weighted by Gasteiger charge is -2.33. The van der Waals surface area contributed by atoms with E-state index < -0.39 is 0 Å². The molecule has 1 aromatic heterocycles. The second-order valence-corrected chi connectivity index (χ2v) is 4.83. The van der Waals surface area contributed by atoms with Gasteiger partial charge >= 0.3 is 0 Å². The number of hydrogen-bond acceptors (Lipinski definition) is 3. The van der Waals surface area contributed by atoms with Crippen molar-refractivity contribution in [3.63, 3.8) is 0 Å². The zero-order valence-electron chi connectivity index (χ0n) is 12.3. The molecule has 114 valence electrons. The first-order valence-corrected chi connectivity index (χ1v) is 7.01. The van der Waals surface area contributed by atoms with Crippen LogP contribution >= 0.6 is 17.0 Å². The first-order chi connectivity index (χ1) is 9.35. The zero-order valence-corrected chi connectivity index (χ0v) is 14.0. The molecule has 1 unspecified atom stereocenters. The zero-order chi connectivity index (χ0) is 13.5. The van der Waals surface area contributed by atoms with Gasteiger partial charge in [-0.15, -0.1) is 17.0 Å². The molecule has 20 heavy (non-hydrogen) atoms. The fourth-order valence-electron chi connectivity index (χ4n) is 2.59. The minimum Gasteiger partial charge on any atom is -0.468 e.